The third-order valence-electron chi connectivity index (χ3n) is 6.06. The third kappa shape index (κ3) is 4.90. The maximum atomic E-state index is 6.45. The summed E-state index contributed by atoms with van der Waals surface area (Å²) in [6, 6.07) is 29.2. The smallest absolute Gasteiger partial charge is 0.248 e. The SMILES string of the molecule is Nc1c(Oc2ccc(Br)cc2)ncnc1N1CCN(C(c2ccccc2)c2ccccc2)CC1. The molecule has 2 heterocycles. The first-order valence-corrected chi connectivity index (χ1v) is 12.1. The Morgan fingerprint density at radius 3 is 1.94 bits per heavy atom. The molecular formula is C27H26BrN5O. The van der Waals surface area contributed by atoms with Gasteiger partial charge in [0.25, 0.3) is 0 Å². The molecule has 5 rings (SSSR count). The minimum atomic E-state index is 0.212. The van der Waals surface area contributed by atoms with Gasteiger partial charge in [-0.1, -0.05) is 76.6 Å². The molecule has 7 heteroatoms. The number of halogens is 1. The molecule has 0 saturated carbocycles. The Morgan fingerprint density at radius 2 is 1.35 bits per heavy atom. The number of piperazine rings is 1. The van der Waals surface area contributed by atoms with Crippen LogP contribution in [-0.2, 0) is 0 Å². The van der Waals surface area contributed by atoms with E-state index in [-0.39, 0.29) is 6.04 Å². The summed E-state index contributed by atoms with van der Waals surface area (Å²) in [6.07, 6.45) is 1.52. The number of benzene rings is 3. The van der Waals surface area contributed by atoms with Crippen LogP contribution in [-0.4, -0.2) is 41.0 Å². The predicted molar refractivity (Wildman–Crippen MR) is 139 cm³/mol. The van der Waals surface area contributed by atoms with Crippen LogP contribution in [0.1, 0.15) is 17.2 Å². The van der Waals surface area contributed by atoms with Crippen molar-refractivity contribution < 1.29 is 4.74 Å². The minimum Gasteiger partial charge on any atom is -0.437 e. The summed E-state index contributed by atoms with van der Waals surface area (Å²) in [4.78, 5) is 13.5. The van der Waals surface area contributed by atoms with Gasteiger partial charge in [0.05, 0.1) is 6.04 Å². The Bertz CT molecular complexity index is 1170. The Labute approximate surface area is 208 Å². The van der Waals surface area contributed by atoms with Gasteiger partial charge in [0, 0.05) is 30.7 Å². The number of anilines is 2. The number of nitrogens with two attached hydrogens (primary N) is 1. The summed E-state index contributed by atoms with van der Waals surface area (Å²) in [6.45, 7) is 3.41. The molecule has 34 heavy (non-hydrogen) atoms. The molecule has 1 aromatic heterocycles. The largest absolute Gasteiger partial charge is 0.437 e. The molecule has 0 aliphatic carbocycles. The van der Waals surface area contributed by atoms with E-state index in [2.05, 4.69) is 96.4 Å². The van der Waals surface area contributed by atoms with E-state index in [0.29, 0.717) is 17.3 Å². The number of ether oxygens (including phenoxy) is 1. The topological polar surface area (TPSA) is 67.5 Å². The molecule has 0 unspecified atom stereocenters. The Morgan fingerprint density at radius 1 is 0.765 bits per heavy atom. The van der Waals surface area contributed by atoms with E-state index in [1.165, 1.54) is 17.5 Å². The van der Waals surface area contributed by atoms with E-state index in [1.807, 2.05) is 24.3 Å². The maximum absolute atomic E-state index is 6.45. The van der Waals surface area contributed by atoms with Gasteiger partial charge in [0.1, 0.15) is 17.8 Å². The summed E-state index contributed by atoms with van der Waals surface area (Å²) in [5, 5.41) is 0. The van der Waals surface area contributed by atoms with Crippen molar-refractivity contribution in [1.82, 2.24) is 14.9 Å². The van der Waals surface area contributed by atoms with Gasteiger partial charge in [-0.05, 0) is 35.4 Å². The highest BCUT2D eigenvalue weighted by Crippen LogP contribution is 2.34. The molecule has 0 atom stereocenters. The highest BCUT2D eigenvalue weighted by Gasteiger charge is 2.28. The average Bonchev–Trinajstić information content (AvgIpc) is 2.89. The highest BCUT2D eigenvalue weighted by atomic mass is 79.9. The normalized spacial score (nSPS) is 14.4. The summed E-state index contributed by atoms with van der Waals surface area (Å²) in [7, 11) is 0. The summed E-state index contributed by atoms with van der Waals surface area (Å²) >= 11 is 3.44. The standard InChI is InChI=1S/C27H26BrN5O/c28-22-11-13-23(14-12-22)34-27-24(29)26(30-19-31-27)33-17-15-32(16-18-33)25(20-7-3-1-4-8-20)21-9-5-2-6-10-21/h1-14,19,25H,15-18,29H2. The van der Waals surface area contributed by atoms with Crippen LogP contribution in [0, 0.1) is 0 Å². The van der Waals surface area contributed by atoms with Crippen molar-refractivity contribution in [3.8, 4) is 11.6 Å². The number of rotatable bonds is 6. The van der Waals surface area contributed by atoms with Crippen molar-refractivity contribution in [3.63, 3.8) is 0 Å². The Balaban J connectivity index is 1.33. The number of hydrogen-bond donors (Lipinski definition) is 1. The van der Waals surface area contributed by atoms with Gasteiger partial charge < -0.3 is 15.4 Å². The van der Waals surface area contributed by atoms with Crippen LogP contribution in [0.3, 0.4) is 0 Å². The van der Waals surface area contributed by atoms with Crippen molar-refractivity contribution in [3.05, 3.63) is 107 Å². The molecule has 1 aliphatic heterocycles. The fourth-order valence-corrected chi connectivity index (χ4v) is 4.66. The van der Waals surface area contributed by atoms with Gasteiger partial charge in [-0.2, -0.15) is 4.98 Å². The zero-order valence-corrected chi connectivity index (χ0v) is 20.3. The second-order valence-corrected chi connectivity index (χ2v) is 9.13. The molecule has 4 aromatic rings. The monoisotopic (exact) mass is 515 g/mol. The summed E-state index contributed by atoms with van der Waals surface area (Å²) in [5.41, 5.74) is 9.51. The first-order valence-electron chi connectivity index (χ1n) is 11.3. The van der Waals surface area contributed by atoms with Gasteiger partial charge in [0.2, 0.25) is 5.88 Å². The lowest BCUT2D eigenvalue weighted by Gasteiger charge is -2.40. The highest BCUT2D eigenvalue weighted by molar-refractivity contribution is 9.10. The second kappa shape index (κ2) is 10.2. The minimum absolute atomic E-state index is 0.212. The van der Waals surface area contributed by atoms with E-state index in [0.717, 1.165) is 36.5 Å². The molecule has 1 saturated heterocycles. The Hall–Kier alpha value is -3.42. The number of nitrogen functional groups attached to an aromatic ring is 1. The molecule has 6 nitrogen and oxygen atoms in total. The van der Waals surface area contributed by atoms with E-state index in [4.69, 9.17) is 10.5 Å². The molecule has 1 fully saturated rings. The molecule has 0 bridgehead atoms. The zero-order chi connectivity index (χ0) is 23.3. The maximum Gasteiger partial charge on any atom is 0.248 e. The Kier molecular flexibility index (Phi) is 6.74. The lowest BCUT2D eigenvalue weighted by molar-refractivity contribution is 0.212. The van der Waals surface area contributed by atoms with Crippen molar-refractivity contribution in [2.75, 3.05) is 36.8 Å². The van der Waals surface area contributed by atoms with Crippen LogP contribution in [0.25, 0.3) is 0 Å². The van der Waals surface area contributed by atoms with Gasteiger partial charge in [-0.25, -0.2) is 4.98 Å². The average molecular weight is 516 g/mol. The fraction of sp³-hybridized carbons (Fsp3) is 0.185. The summed E-state index contributed by atoms with van der Waals surface area (Å²) in [5.74, 6) is 1.77. The number of aromatic nitrogens is 2. The predicted octanol–water partition coefficient (Wildman–Crippen LogP) is 5.53. The molecule has 0 amide bonds. The third-order valence-corrected chi connectivity index (χ3v) is 6.59. The van der Waals surface area contributed by atoms with Crippen LogP contribution in [0.2, 0.25) is 0 Å². The van der Waals surface area contributed by atoms with E-state index >= 15 is 0 Å². The van der Waals surface area contributed by atoms with Crippen LogP contribution >= 0.6 is 15.9 Å². The first-order chi connectivity index (χ1) is 16.7. The van der Waals surface area contributed by atoms with Crippen LogP contribution in [0.15, 0.2) is 95.7 Å². The summed E-state index contributed by atoms with van der Waals surface area (Å²) < 4.78 is 6.92. The van der Waals surface area contributed by atoms with Gasteiger partial charge in [0.15, 0.2) is 5.82 Å². The molecule has 0 radical (unpaired) electrons. The van der Waals surface area contributed by atoms with Crippen LogP contribution in [0.5, 0.6) is 11.6 Å². The van der Waals surface area contributed by atoms with Gasteiger partial charge >= 0.3 is 0 Å². The zero-order valence-electron chi connectivity index (χ0n) is 18.7. The lowest BCUT2D eigenvalue weighted by atomic mass is 9.96. The lowest BCUT2D eigenvalue weighted by Crippen LogP contribution is -2.48. The van der Waals surface area contributed by atoms with Gasteiger partial charge in [-0.15, -0.1) is 0 Å². The molecular weight excluding hydrogens is 490 g/mol. The second-order valence-electron chi connectivity index (χ2n) is 8.22. The van der Waals surface area contributed by atoms with Crippen molar-refractivity contribution in [1.29, 1.82) is 0 Å². The quantitative estimate of drug-likeness (QED) is 0.364. The van der Waals surface area contributed by atoms with Gasteiger partial charge in [-0.3, -0.25) is 4.90 Å². The van der Waals surface area contributed by atoms with E-state index in [9.17, 15) is 0 Å². The molecule has 2 N–H and O–H groups in total. The molecule has 3 aromatic carbocycles. The molecule has 1 aliphatic rings. The van der Waals surface area contributed by atoms with Crippen LogP contribution in [0.4, 0.5) is 11.5 Å². The fourth-order valence-electron chi connectivity index (χ4n) is 4.39. The van der Waals surface area contributed by atoms with E-state index in [1.54, 1.807) is 0 Å². The molecule has 0 spiro atoms. The van der Waals surface area contributed by atoms with Crippen molar-refractivity contribution in [2.45, 2.75) is 6.04 Å². The first kappa shape index (κ1) is 22.4. The number of nitrogens with zero attached hydrogens (tertiary/aromatic N) is 4. The van der Waals surface area contributed by atoms with E-state index < -0.39 is 0 Å². The van der Waals surface area contributed by atoms with Crippen LogP contribution < -0.4 is 15.4 Å². The molecule has 172 valence electrons. The number of hydrogen-bond acceptors (Lipinski definition) is 6. The van der Waals surface area contributed by atoms with Crippen molar-refractivity contribution in [2.24, 2.45) is 0 Å². The van der Waals surface area contributed by atoms with Crippen molar-refractivity contribution >= 4 is 27.4 Å².